The van der Waals surface area contributed by atoms with Crippen LogP contribution in [0.15, 0.2) is 60.7 Å². The van der Waals surface area contributed by atoms with E-state index in [9.17, 15) is 4.79 Å². The van der Waals surface area contributed by atoms with Gasteiger partial charge in [0.05, 0.1) is 0 Å². The molecule has 0 aliphatic heterocycles. The van der Waals surface area contributed by atoms with Crippen molar-refractivity contribution in [1.82, 2.24) is 5.32 Å². The van der Waals surface area contributed by atoms with Gasteiger partial charge in [0.2, 0.25) is 5.91 Å². The average molecular weight is 294 g/mol. The third-order valence-electron chi connectivity index (χ3n) is 4.50. The molecular formula is C19H22N2O. The number of rotatable bonds is 6. The molecule has 0 saturated heterocycles. The van der Waals surface area contributed by atoms with Crippen molar-refractivity contribution >= 4 is 5.91 Å². The molecule has 0 radical (unpaired) electrons. The quantitative estimate of drug-likeness (QED) is 0.860. The molecule has 1 aliphatic carbocycles. The van der Waals surface area contributed by atoms with Crippen LogP contribution in [0, 0.1) is 0 Å². The molecule has 3 rings (SSSR count). The van der Waals surface area contributed by atoms with Crippen LogP contribution >= 0.6 is 0 Å². The van der Waals surface area contributed by atoms with Crippen molar-refractivity contribution in [2.45, 2.75) is 30.7 Å². The van der Waals surface area contributed by atoms with Crippen molar-refractivity contribution in [3.63, 3.8) is 0 Å². The highest BCUT2D eigenvalue weighted by Gasteiger charge is 2.44. The summed E-state index contributed by atoms with van der Waals surface area (Å²) in [5.74, 6) is 0.0264. The van der Waals surface area contributed by atoms with Crippen LogP contribution in [0.3, 0.4) is 0 Å². The smallest absolute Gasteiger partial charge is 0.221 e. The molecule has 0 aromatic heterocycles. The van der Waals surface area contributed by atoms with E-state index in [0.29, 0.717) is 13.0 Å². The molecule has 1 atom stereocenters. The molecule has 3 N–H and O–H groups in total. The van der Waals surface area contributed by atoms with Gasteiger partial charge in [-0.05, 0) is 24.0 Å². The number of hydrogen-bond donors (Lipinski definition) is 2. The van der Waals surface area contributed by atoms with Gasteiger partial charge in [-0.2, -0.15) is 0 Å². The Morgan fingerprint density at radius 3 is 2.23 bits per heavy atom. The first-order chi connectivity index (χ1) is 10.7. The van der Waals surface area contributed by atoms with Crippen LogP contribution in [-0.4, -0.2) is 12.5 Å². The van der Waals surface area contributed by atoms with Crippen molar-refractivity contribution in [1.29, 1.82) is 0 Å². The highest BCUT2D eigenvalue weighted by Crippen LogP contribution is 2.47. The van der Waals surface area contributed by atoms with Gasteiger partial charge in [-0.3, -0.25) is 4.79 Å². The molecular weight excluding hydrogens is 272 g/mol. The number of amides is 1. The Bertz CT molecular complexity index is 620. The molecule has 0 bridgehead atoms. The number of nitrogens with one attached hydrogen (secondary N) is 1. The zero-order valence-electron chi connectivity index (χ0n) is 12.7. The summed E-state index contributed by atoms with van der Waals surface area (Å²) in [4.78, 5) is 12.1. The minimum absolute atomic E-state index is 0.0264. The van der Waals surface area contributed by atoms with Crippen LogP contribution in [0.1, 0.15) is 36.4 Å². The maximum Gasteiger partial charge on any atom is 0.221 e. The van der Waals surface area contributed by atoms with E-state index in [1.165, 1.54) is 5.56 Å². The Kier molecular flexibility index (Phi) is 4.25. The molecule has 1 aliphatic rings. The van der Waals surface area contributed by atoms with Crippen LogP contribution in [0.25, 0.3) is 0 Å². The highest BCUT2D eigenvalue weighted by atomic mass is 16.1. The molecule has 2 aromatic rings. The maximum atomic E-state index is 12.1. The number of nitrogens with two attached hydrogens (primary N) is 1. The molecule has 0 heterocycles. The second-order valence-electron chi connectivity index (χ2n) is 6.14. The minimum atomic E-state index is -0.243. The largest absolute Gasteiger partial charge is 0.355 e. The normalized spacial score (nSPS) is 16.8. The molecule has 1 saturated carbocycles. The van der Waals surface area contributed by atoms with Gasteiger partial charge >= 0.3 is 0 Å². The van der Waals surface area contributed by atoms with Crippen LogP contribution in [-0.2, 0) is 10.2 Å². The predicted molar refractivity (Wildman–Crippen MR) is 88.4 cm³/mol. The number of hydrogen-bond acceptors (Lipinski definition) is 2. The molecule has 2 aromatic carbocycles. The monoisotopic (exact) mass is 294 g/mol. The molecule has 0 spiro atoms. The average Bonchev–Trinajstić information content (AvgIpc) is 3.36. The molecule has 3 heteroatoms. The SMILES string of the molecule is NC(CC(=O)NCC1(c2ccccc2)CC1)c1ccccc1. The fourth-order valence-corrected chi connectivity index (χ4v) is 2.87. The van der Waals surface area contributed by atoms with Crippen LogP contribution in [0.4, 0.5) is 0 Å². The first-order valence-corrected chi connectivity index (χ1v) is 7.82. The van der Waals surface area contributed by atoms with Crippen molar-refractivity contribution < 1.29 is 4.79 Å². The van der Waals surface area contributed by atoms with E-state index >= 15 is 0 Å². The van der Waals surface area contributed by atoms with Gasteiger partial charge in [0.15, 0.2) is 0 Å². The first-order valence-electron chi connectivity index (χ1n) is 7.82. The van der Waals surface area contributed by atoms with E-state index in [2.05, 4.69) is 29.6 Å². The van der Waals surface area contributed by atoms with E-state index in [-0.39, 0.29) is 17.4 Å². The van der Waals surface area contributed by atoms with Crippen LogP contribution in [0.2, 0.25) is 0 Å². The van der Waals surface area contributed by atoms with E-state index < -0.39 is 0 Å². The van der Waals surface area contributed by atoms with E-state index in [0.717, 1.165) is 18.4 Å². The number of benzene rings is 2. The topological polar surface area (TPSA) is 55.1 Å². The third-order valence-corrected chi connectivity index (χ3v) is 4.50. The van der Waals surface area contributed by atoms with Crippen LogP contribution < -0.4 is 11.1 Å². The van der Waals surface area contributed by atoms with Gasteiger partial charge in [-0.15, -0.1) is 0 Å². The lowest BCUT2D eigenvalue weighted by Crippen LogP contribution is -2.34. The number of carbonyl (C=O) groups is 1. The lowest BCUT2D eigenvalue weighted by molar-refractivity contribution is -0.121. The zero-order valence-corrected chi connectivity index (χ0v) is 12.7. The van der Waals surface area contributed by atoms with Gasteiger partial charge in [0.1, 0.15) is 0 Å². The summed E-state index contributed by atoms with van der Waals surface area (Å²) < 4.78 is 0. The van der Waals surface area contributed by atoms with E-state index in [1.807, 2.05) is 36.4 Å². The first kappa shape index (κ1) is 14.8. The van der Waals surface area contributed by atoms with Crippen molar-refractivity contribution in [2.24, 2.45) is 5.73 Å². The van der Waals surface area contributed by atoms with Crippen molar-refractivity contribution in [3.05, 3.63) is 71.8 Å². The van der Waals surface area contributed by atoms with Gasteiger partial charge in [0, 0.05) is 24.4 Å². The standard InChI is InChI=1S/C19H22N2O/c20-17(15-7-3-1-4-8-15)13-18(22)21-14-19(11-12-19)16-9-5-2-6-10-16/h1-10,17H,11-14,20H2,(H,21,22). The van der Waals surface area contributed by atoms with Gasteiger partial charge in [-0.1, -0.05) is 60.7 Å². The second kappa shape index (κ2) is 6.32. The Balaban J connectivity index is 1.53. The Hall–Kier alpha value is -2.13. The molecule has 3 nitrogen and oxygen atoms in total. The second-order valence-corrected chi connectivity index (χ2v) is 6.14. The van der Waals surface area contributed by atoms with Crippen molar-refractivity contribution in [3.8, 4) is 0 Å². The maximum absolute atomic E-state index is 12.1. The zero-order chi connectivity index (χ0) is 15.4. The van der Waals surface area contributed by atoms with Crippen LogP contribution in [0.5, 0.6) is 0 Å². The third kappa shape index (κ3) is 3.37. The van der Waals surface area contributed by atoms with Gasteiger partial charge in [0.25, 0.3) is 0 Å². The highest BCUT2D eigenvalue weighted by molar-refractivity contribution is 5.77. The molecule has 22 heavy (non-hydrogen) atoms. The molecule has 1 fully saturated rings. The van der Waals surface area contributed by atoms with Gasteiger partial charge < -0.3 is 11.1 Å². The summed E-state index contributed by atoms with van der Waals surface area (Å²) in [6.07, 6.45) is 2.61. The molecule has 1 amide bonds. The van der Waals surface area contributed by atoms with Crippen molar-refractivity contribution in [2.75, 3.05) is 6.54 Å². The Morgan fingerprint density at radius 2 is 1.64 bits per heavy atom. The lowest BCUT2D eigenvalue weighted by Gasteiger charge is -2.18. The van der Waals surface area contributed by atoms with Gasteiger partial charge in [-0.25, -0.2) is 0 Å². The Morgan fingerprint density at radius 1 is 1.05 bits per heavy atom. The summed E-state index contributed by atoms with van der Waals surface area (Å²) >= 11 is 0. The lowest BCUT2D eigenvalue weighted by atomic mass is 9.96. The molecule has 1 unspecified atom stereocenters. The summed E-state index contributed by atoms with van der Waals surface area (Å²) in [6, 6.07) is 20.0. The summed E-state index contributed by atoms with van der Waals surface area (Å²) in [7, 11) is 0. The minimum Gasteiger partial charge on any atom is -0.355 e. The summed E-state index contributed by atoms with van der Waals surface area (Å²) in [5, 5.41) is 3.07. The van der Waals surface area contributed by atoms with E-state index in [1.54, 1.807) is 0 Å². The fraction of sp³-hybridized carbons (Fsp3) is 0.316. The predicted octanol–water partition coefficient (Wildman–Crippen LogP) is 2.92. The summed E-state index contributed by atoms with van der Waals surface area (Å²) in [5.41, 5.74) is 8.57. The number of carbonyl (C=O) groups excluding carboxylic acids is 1. The van der Waals surface area contributed by atoms with E-state index in [4.69, 9.17) is 5.73 Å². The Labute approximate surface area is 131 Å². The molecule has 114 valence electrons. The summed E-state index contributed by atoms with van der Waals surface area (Å²) in [6.45, 7) is 0.706. The fourth-order valence-electron chi connectivity index (χ4n) is 2.87.